The number of hydrogen-bond acceptors (Lipinski definition) is 0. The summed E-state index contributed by atoms with van der Waals surface area (Å²) in [5.74, 6) is 3.29. The highest BCUT2D eigenvalue weighted by atomic mass is 19.4. The summed E-state index contributed by atoms with van der Waals surface area (Å²) in [7, 11) is 0. The first-order valence-electron chi connectivity index (χ1n) is 7.34. The molecule has 0 nitrogen and oxygen atoms in total. The fraction of sp³-hybridized carbons (Fsp3) is 0.200. The van der Waals surface area contributed by atoms with Crippen molar-refractivity contribution in [1.82, 2.24) is 0 Å². The summed E-state index contributed by atoms with van der Waals surface area (Å²) in [5, 5.41) is 0. The molecule has 2 rings (SSSR count). The molecule has 2 aromatic rings. The van der Waals surface area contributed by atoms with Crippen molar-refractivity contribution in [1.29, 1.82) is 0 Å². The highest BCUT2D eigenvalue weighted by Gasteiger charge is 2.32. The first-order valence-corrected chi connectivity index (χ1v) is 7.34. The Kier molecular flexibility index (Phi) is 5.37. The van der Waals surface area contributed by atoms with Gasteiger partial charge in [-0.1, -0.05) is 36.1 Å². The van der Waals surface area contributed by atoms with Crippen LogP contribution < -0.4 is 0 Å². The summed E-state index contributed by atoms with van der Waals surface area (Å²) >= 11 is 0. The van der Waals surface area contributed by atoms with Gasteiger partial charge in [0.05, 0.1) is 23.0 Å². The molecule has 0 aromatic heterocycles. The third-order valence-electron chi connectivity index (χ3n) is 3.89. The maximum atomic E-state index is 12.7. The predicted molar refractivity (Wildman–Crippen MR) is 86.0 cm³/mol. The largest absolute Gasteiger partial charge is 0.416 e. The molecule has 0 saturated carbocycles. The molecule has 0 saturated heterocycles. The molecule has 0 fully saturated rings. The molecular weight excluding hydrogens is 354 g/mol. The number of hydrogen-bond donors (Lipinski definition) is 0. The van der Waals surface area contributed by atoms with E-state index >= 15 is 0 Å². The first-order chi connectivity index (χ1) is 12.1. The van der Waals surface area contributed by atoms with E-state index in [1.807, 2.05) is 0 Å². The van der Waals surface area contributed by atoms with E-state index < -0.39 is 35.3 Å². The summed E-state index contributed by atoms with van der Waals surface area (Å²) in [6.07, 6.45) is 2.02. The standard InChI is InChI=1S/C20H12F6/c1-3-17(13-5-9-15(10-6-13)19(21,22)23)18(4-2)14-7-11-16(12-8-14)20(24,25)26/h1-2,5-12,17-18H/t17-,18-/m1/s1. The quantitative estimate of drug-likeness (QED) is 0.472. The Morgan fingerprint density at radius 3 is 1.04 bits per heavy atom. The van der Waals surface area contributed by atoms with Crippen molar-refractivity contribution in [3.8, 4) is 24.7 Å². The summed E-state index contributed by atoms with van der Waals surface area (Å²) in [6, 6.07) is 8.45. The van der Waals surface area contributed by atoms with Crippen LogP contribution in [-0.2, 0) is 12.4 Å². The van der Waals surface area contributed by atoms with Crippen molar-refractivity contribution in [2.75, 3.05) is 0 Å². The lowest BCUT2D eigenvalue weighted by Crippen LogP contribution is -2.11. The minimum atomic E-state index is -4.48. The molecule has 0 unspecified atom stereocenters. The maximum Gasteiger partial charge on any atom is 0.416 e. The molecule has 2 atom stereocenters. The Balaban J connectivity index is 2.35. The lowest BCUT2D eigenvalue weighted by molar-refractivity contribution is -0.138. The van der Waals surface area contributed by atoms with E-state index in [2.05, 4.69) is 11.8 Å². The van der Waals surface area contributed by atoms with Gasteiger partial charge in [-0.15, -0.1) is 12.8 Å². The number of benzene rings is 2. The Morgan fingerprint density at radius 1 is 0.577 bits per heavy atom. The van der Waals surface area contributed by atoms with Crippen LogP contribution in [0.1, 0.15) is 34.1 Å². The van der Waals surface area contributed by atoms with Gasteiger partial charge in [-0.3, -0.25) is 0 Å². The number of alkyl halides is 6. The zero-order valence-electron chi connectivity index (χ0n) is 13.2. The van der Waals surface area contributed by atoms with Gasteiger partial charge in [0.15, 0.2) is 0 Å². The van der Waals surface area contributed by atoms with Gasteiger partial charge < -0.3 is 0 Å². The number of rotatable bonds is 3. The monoisotopic (exact) mass is 366 g/mol. The van der Waals surface area contributed by atoms with Crippen molar-refractivity contribution in [2.24, 2.45) is 0 Å². The van der Waals surface area contributed by atoms with Crippen LogP contribution in [0, 0.1) is 24.7 Å². The Bertz CT molecular complexity index is 753. The molecule has 0 spiro atoms. The first kappa shape index (κ1) is 19.5. The lowest BCUT2D eigenvalue weighted by atomic mass is 9.82. The van der Waals surface area contributed by atoms with Crippen LogP contribution in [0.25, 0.3) is 0 Å². The topological polar surface area (TPSA) is 0 Å². The Labute approximate surface area is 146 Å². The maximum absolute atomic E-state index is 12.7. The van der Waals surface area contributed by atoms with E-state index in [0.29, 0.717) is 11.1 Å². The fourth-order valence-electron chi connectivity index (χ4n) is 2.53. The summed E-state index contributed by atoms with van der Waals surface area (Å²) in [6.45, 7) is 0. The van der Waals surface area contributed by atoms with Crippen molar-refractivity contribution >= 4 is 0 Å². The summed E-state index contributed by atoms with van der Waals surface area (Å²) in [5.41, 5.74) is -0.903. The molecule has 0 amide bonds. The third-order valence-corrected chi connectivity index (χ3v) is 3.89. The van der Waals surface area contributed by atoms with Gasteiger partial charge in [0.1, 0.15) is 0 Å². The van der Waals surface area contributed by atoms with Crippen molar-refractivity contribution in [3.63, 3.8) is 0 Å². The van der Waals surface area contributed by atoms with Gasteiger partial charge in [0.2, 0.25) is 0 Å². The van der Waals surface area contributed by atoms with E-state index in [9.17, 15) is 26.3 Å². The average molecular weight is 366 g/mol. The van der Waals surface area contributed by atoms with Gasteiger partial charge in [0, 0.05) is 0 Å². The number of terminal acetylenes is 2. The minimum absolute atomic E-state index is 0.378. The molecule has 0 aliphatic heterocycles. The van der Waals surface area contributed by atoms with Crippen molar-refractivity contribution in [3.05, 3.63) is 70.8 Å². The number of halogens is 6. The minimum Gasteiger partial charge on any atom is -0.166 e. The van der Waals surface area contributed by atoms with Gasteiger partial charge in [0.25, 0.3) is 0 Å². The van der Waals surface area contributed by atoms with E-state index in [4.69, 9.17) is 12.8 Å². The van der Waals surface area contributed by atoms with Crippen molar-refractivity contribution < 1.29 is 26.3 Å². The zero-order valence-corrected chi connectivity index (χ0v) is 13.2. The van der Waals surface area contributed by atoms with Gasteiger partial charge in [-0.25, -0.2) is 0 Å². The Hall–Kier alpha value is -2.86. The van der Waals surface area contributed by atoms with Crippen LogP contribution in [0.2, 0.25) is 0 Å². The highest BCUT2D eigenvalue weighted by Crippen LogP contribution is 2.36. The molecule has 6 heteroatoms. The molecule has 0 radical (unpaired) electrons. The van der Waals surface area contributed by atoms with Crippen LogP contribution in [0.4, 0.5) is 26.3 Å². The molecule has 134 valence electrons. The molecule has 0 aliphatic rings. The second kappa shape index (κ2) is 7.17. The van der Waals surface area contributed by atoms with Gasteiger partial charge in [-0.05, 0) is 35.4 Å². The van der Waals surface area contributed by atoms with Gasteiger partial charge in [-0.2, -0.15) is 26.3 Å². The van der Waals surface area contributed by atoms with E-state index in [1.54, 1.807) is 0 Å². The molecule has 2 aromatic carbocycles. The van der Waals surface area contributed by atoms with E-state index in [1.165, 1.54) is 24.3 Å². The smallest absolute Gasteiger partial charge is 0.166 e. The van der Waals surface area contributed by atoms with Crippen LogP contribution in [0.5, 0.6) is 0 Å². The molecule has 0 bridgehead atoms. The molecule has 0 aliphatic carbocycles. The fourth-order valence-corrected chi connectivity index (χ4v) is 2.53. The third kappa shape index (κ3) is 4.21. The molecular formula is C20H12F6. The molecule has 0 heterocycles. The normalized spacial score (nSPS) is 14.2. The van der Waals surface area contributed by atoms with Crippen LogP contribution in [0.15, 0.2) is 48.5 Å². The highest BCUT2D eigenvalue weighted by molar-refractivity contribution is 5.41. The van der Waals surface area contributed by atoms with Crippen LogP contribution >= 0.6 is 0 Å². The van der Waals surface area contributed by atoms with Crippen molar-refractivity contribution in [2.45, 2.75) is 24.2 Å². The lowest BCUT2D eigenvalue weighted by Gasteiger charge is -2.20. The zero-order chi connectivity index (χ0) is 19.5. The summed E-state index contributed by atoms with van der Waals surface area (Å²) in [4.78, 5) is 0. The Morgan fingerprint density at radius 2 is 0.846 bits per heavy atom. The SMILES string of the molecule is C#C[C@H](c1ccc(C(F)(F)F)cc1)[C@H](C#C)c1ccc(C(F)(F)F)cc1. The predicted octanol–water partition coefficient (Wildman–Crippen LogP) is 5.86. The summed E-state index contributed by atoms with van der Waals surface area (Å²) < 4.78 is 76.0. The second-order valence-electron chi connectivity index (χ2n) is 5.53. The van der Waals surface area contributed by atoms with E-state index in [-0.39, 0.29) is 0 Å². The van der Waals surface area contributed by atoms with E-state index in [0.717, 1.165) is 24.3 Å². The second-order valence-corrected chi connectivity index (χ2v) is 5.53. The molecule has 0 N–H and O–H groups in total. The van der Waals surface area contributed by atoms with Crippen LogP contribution in [-0.4, -0.2) is 0 Å². The van der Waals surface area contributed by atoms with Gasteiger partial charge >= 0.3 is 12.4 Å². The average Bonchev–Trinajstić information content (AvgIpc) is 2.58. The molecule has 26 heavy (non-hydrogen) atoms. The van der Waals surface area contributed by atoms with Crippen LogP contribution in [0.3, 0.4) is 0 Å².